The van der Waals surface area contributed by atoms with Gasteiger partial charge in [0.15, 0.2) is 0 Å². The van der Waals surface area contributed by atoms with E-state index in [1.165, 1.54) is 5.56 Å². The molecule has 138 valence electrons. The Bertz CT molecular complexity index is 695. The van der Waals surface area contributed by atoms with Crippen molar-refractivity contribution in [1.82, 2.24) is 9.80 Å². The molecule has 1 fully saturated rings. The van der Waals surface area contributed by atoms with E-state index in [1.54, 1.807) is 0 Å². The maximum atomic E-state index is 12.5. The molecule has 5 heteroatoms. The number of nitrogens with zero attached hydrogens (tertiary/aromatic N) is 2. The van der Waals surface area contributed by atoms with Crippen LogP contribution >= 0.6 is 0 Å². The Hall–Kier alpha value is -2.37. The standard InChI is InChI=1S/C21H27N3O2/c1-23(15-16-25)20-11-13-24(14-12-20)21(26)22-19-9-7-18(8-10-19)17-5-3-2-4-6-17/h2-10,20,25H,11-16H2,1H3,(H,22,26). The van der Waals surface area contributed by atoms with Crippen molar-refractivity contribution in [2.45, 2.75) is 18.9 Å². The summed E-state index contributed by atoms with van der Waals surface area (Å²) in [6, 6.07) is 18.5. The number of benzene rings is 2. The van der Waals surface area contributed by atoms with Crippen molar-refractivity contribution in [2.24, 2.45) is 0 Å². The lowest BCUT2D eigenvalue weighted by molar-refractivity contribution is 0.123. The fourth-order valence-electron chi connectivity index (χ4n) is 3.43. The number of carbonyl (C=O) groups is 1. The van der Waals surface area contributed by atoms with Gasteiger partial charge in [-0.1, -0.05) is 42.5 Å². The number of aliphatic hydroxyl groups is 1. The van der Waals surface area contributed by atoms with E-state index < -0.39 is 0 Å². The number of nitrogens with one attached hydrogen (secondary N) is 1. The van der Waals surface area contributed by atoms with Crippen LogP contribution in [0.25, 0.3) is 11.1 Å². The minimum Gasteiger partial charge on any atom is -0.395 e. The summed E-state index contributed by atoms with van der Waals surface area (Å²) in [5.41, 5.74) is 3.12. The molecule has 0 spiro atoms. The molecule has 3 rings (SSSR count). The lowest BCUT2D eigenvalue weighted by atomic mass is 10.0. The van der Waals surface area contributed by atoms with Crippen LogP contribution in [0.4, 0.5) is 10.5 Å². The van der Waals surface area contributed by atoms with Gasteiger partial charge in [-0.25, -0.2) is 4.79 Å². The van der Waals surface area contributed by atoms with Gasteiger partial charge < -0.3 is 20.2 Å². The van der Waals surface area contributed by atoms with E-state index in [2.05, 4.69) is 22.3 Å². The maximum absolute atomic E-state index is 12.5. The van der Waals surface area contributed by atoms with Crippen LogP contribution in [0.5, 0.6) is 0 Å². The monoisotopic (exact) mass is 353 g/mol. The topological polar surface area (TPSA) is 55.8 Å². The lowest BCUT2D eigenvalue weighted by Crippen LogP contribution is -2.47. The van der Waals surface area contributed by atoms with Gasteiger partial charge in [0.1, 0.15) is 0 Å². The van der Waals surface area contributed by atoms with E-state index in [4.69, 9.17) is 5.11 Å². The summed E-state index contributed by atoms with van der Waals surface area (Å²) in [5.74, 6) is 0. The Morgan fingerprint density at radius 1 is 1.08 bits per heavy atom. The predicted molar refractivity (Wildman–Crippen MR) is 105 cm³/mol. The second-order valence-corrected chi connectivity index (χ2v) is 6.80. The molecule has 0 atom stereocenters. The van der Waals surface area contributed by atoms with Crippen molar-refractivity contribution in [3.63, 3.8) is 0 Å². The van der Waals surface area contributed by atoms with Crippen molar-refractivity contribution in [3.8, 4) is 11.1 Å². The molecule has 26 heavy (non-hydrogen) atoms. The van der Waals surface area contributed by atoms with E-state index >= 15 is 0 Å². The number of anilines is 1. The van der Waals surface area contributed by atoms with Gasteiger partial charge in [0, 0.05) is 31.4 Å². The molecule has 2 N–H and O–H groups in total. The van der Waals surface area contributed by atoms with Crippen molar-refractivity contribution in [3.05, 3.63) is 54.6 Å². The number of carbonyl (C=O) groups excluding carboxylic acids is 1. The molecule has 0 radical (unpaired) electrons. The van der Waals surface area contributed by atoms with Crippen LogP contribution < -0.4 is 5.32 Å². The average molecular weight is 353 g/mol. The molecule has 2 amide bonds. The molecule has 0 bridgehead atoms. The third-order valence-corrected chi connectivity index (χ3v) is 5.07. The van der Waals surface area contributed by atoms with Gasteiger partial charge in [-0.2, -0.15) is 0 Å². The second-order valence-electron chi connectivity index (χ2n) is 6.80. The number of aliphatic hydroxyl groups excluding tert-OH is 1. The highest BCUT2D eigenvalue weighted by Crippen LogP contribution is 2.22. The molecule has 1 saturated heterocycles. The molecule has 0 unspecified atom stereocenters. The Balaban J connectivity index is 1.52. The fraction of sp³-hybridized carbons (Fsp3) is 0.381. The average Bonchev–Trinajstić information content (AvgIpc) is 2.69. The number of piperidine rings is 1. The summed E-state index contributed by atoms with van der Waals surface area (Å²) in [5, 5.41) is 12.0. The Morgan fingerprint density at radius 3 is 2.31 bits per heavy atom. The lowest BCUT2D eigenvalue weighted by Gasteiger charge is -2.36. The third-order valence-electron chi connectivity index (χ3n) is 5.07. The number of hydrogen-bond acceptors (Lipinski definition) is 3. The van der Waals surface area contributed by atoms with E-state index in [1.807, 2.05) is 54.4 Å². The van der Waals surface area contributed by atoms with Gasteiger partial charge >= 0.3 is 6.03 Å². The minimum absolute atomic E-state index is 0.0410. The van der Waals surface area contributed by atoms with Crippen LogP contribution in [0.3, 0.4) is 0 Å². The van der Waals surface area contributed by atoms with Gasteiger partial charge in [0.25, 0.3) is 0 Å². The van der Waals surface area contributed by atoms with E-state index in [9.17, 15) is 4.79 Å². The smallest absolute Gasteiger partial charge is 0.321 e. The molecule has 0 aliphatic carbocycles. The van der Waals surface area contributed by atoms with Crippen LogP contribution in [0.2, 0.25) is 0 Å². The second kappa shape index (κ2) is 8.83. The van der Waals surface area contributed by atoms with Gasteiger partial charge in [0.05, 0.1) is 6.61 Å². The molecule has 2 aromatic rings. The maximum Gasteiger partial charge on any atom is 0.321 e. The zero-order valence-electron chi connectivity index (χ0n) is 15.3. The zero-order chi connectivity index (χ0) is 18.4. The molecule has 1 heterocycles. The highest BCUT2D eigenvalue weighted by atomic mass is 16.3. The predicted octanol–water partition coefficient (Wildman–Crippen LogP) is 3.27. The summed E-state index contributed by atoms with van der Waals surface area (Å²) in [6.45, 7) is 2.35. The number of amides is 2. The van der Waals surface area contributed by atoms with Crippen molar-refractivity contribution in [2.75, 3.05) is 38.6 Å². The van der Waals surface area contributed by atoms with Gasteiger partial charge in [-0.05, 0) is 43.1 Å². The first kappa shape index (κ1) is 18.4. The summed E-state index contributed by atoms with van der Waals surface area (Å²) < 4.78 is 0. The highest BCUT2D eigenvalue weighted by molar-refractivity contribution is 5.89. The van der Waals surface area contributed by atoms with E-state index in [-0.39, 0.29) is 12.6 Å². The number of likely N-dealkylation sites (N-methyl/N-ethyl adjacent to an activating group) is 1. The first-order valence-electron chi connectivity index (χ1n) is 9.20. The van der Waals surface area contributed by atoms with Crippen molar-refractivity contribution < 1.29 is 9.90 Å². The third kappa shape index (κ3) is 4.62. The quantitative estimate of drug-likeness (QED) is 0.867. The van der Waals surface area contributed by atoms with Crippen LogP contribution in [0.15, 0.2) is 54.6 Å². The summed E-state index contributed by atoms with van der Waals surface area (Å²) >= 11 is 0. The molecular formula is C21H27N3O2. The summed E-state index contributed by atoms with van der Waals surface area (Å²) in [6.07, 6.45) is 1.88. The normalized spacial score (nSPS) is 15.3. The molecule has 1 aliphatic heterocycles. The number of rotatable bonds is 5. The largest absolute Gasteiger partial charge is 0.395 e. The summed E-state index contributed by atoms with van der Waals surface area (Å²) in [7, 11) is 2.03. The molecule has 0 aromatic heterocycles. The van der Waals surface area contributed by atoms with Crippen LogP contribution in [-0.4, -0.2) is 60.3 Å². The number of likely N-dealkylation sites (tertiary alicyclic amines) is 1. The van der Waals surface area contributed by atoms with Crippen LogP contribution in [0.1, 0.15) is 12.8 Å². The van der Waals surface area contributed by atoms with Crippen LogP contribution in [-0.2, 0) is 0 Å². The number of hydrogen-bond donors (Lipinski definition) is 2. The molecule has 0 saturated carbocycles. The molecular weight excluding hydrogens is 326 g/mol. The van der Waals surface area contributed by atoms with E-state index in [0.29, 0.717) is 12.6 Å². The first-order valence-corrected chi connectivity index (χ1v) is 9.20. The summed E-state index contributed by atoms with van der Waals surface area (Å²) in [4.78, 5) is 16.5. The Labute approximate surface area is 155 Å². The Kier molecular flexibility index (Phi) is 6.26. The Morgan fingerprint density at radius 2 is 1.69 bits per heavy atom. The van der Waals surface area contributed by atoms with Crippen molar-refractivity contribution in [1.29, 1.82) is 0 Å². The van der Waals surface area contributed by atoms with Crippen molar-refractivity contribution >= 4 is 11.7 Å². The van der Waals surface area contributed by atoms with Gasteiger partial charge in [-0.3, -0.25) is 0 Å². The zero-order valence-corrected chi connectivity index (χ0v) is 15.3. The fourth-order valence-corrected chi connectivity index (χ4v) is 3.43. The number of urea groups is 1. The molecule has 5 nitrogen and oxygen atoms in total. The van der Waals surface area contributed by atoms with Gasteiger partial charge in [0.2, 0.25) is 0 Å². The first-order chi connectivity index (χ1) is 12.7. The van der Waals surface area contributed by atoms with Gasteiger partial charge in [-0.15, -0.1) is 0 Å². The van der Waals surface area contributed by atoms with E-state index in [0.717, 1.165) is 37.2 Å². The highest BCUT2D eigenvalue weighted by Gasteiger charge is 2.25. The SMILES string of the molecule is CN(CCO)C1CCN(C(=O)Nc2ccc(-c3ccccc3)cc2)CC1. The molecule has 1 aliphatic rings. The molecule has 2 aromatic carbocycles. The van der Waals surface area contributed by atoms with Crippen LogP contribution in [0, 0.1) is 0 Å². The minimum atomic E-state index is -0.0410.